The van der Waals surface area contributed by atoms with E-state index in [0.29, 0.717) is 6.54 Å². The van der Waals surface area contributed by atoms with Crippen LogP contribution in [0.25, 0.3) is 0 Å². The van der Waals surface area contributed by atoms with Gasteiger partial charge in [0.05, 0.1) is 6.10 Å². The number of urea groups is 1. The van der Waals surface area contributed by atoms with Gasteiger partial charge in [0.1, 0.15) is 6.04 Å². The molecule has 118 valence electrons. The molecule has 0 radical (unpaired) electrons. The van der Waals surface area contributed by atoms with Crippen molar-refractivity contribution in [3.05, 3.63) is 35.9 Å². The zero-order valence-corrected chi connectivity index (χ0v) is 12.3. The standard InChI is InChI=1S/C15H19N3O4/c1-22-12(10-5-3-2-4-6-10)9-16-13(19)8-7-11-14(20)18-15(21)17-11/h2-6,11-12H,7-9H2,1H3,(H,16,19)(H2,17,18,20,21)/t11-,12-/m0/s1. The second-order valence-corrected chi connectivity index (χ2v) is 4.99. The number of amides is 4. The van der Waals surface area contributed by atoms with Crippen LogP contribution in [0, 0.1) is 0 Å². The van der Waals surface area contributed by atoms with E-state index in [9.17, 15) is 14.4 Å². The molecule has 1 saturated heterocycles. The highest BCUT2D eigenvalue weighted by molar-refractivity contribution is 6.04. The van der Waals surface area contributed by atoms with Crippen molar-refractivity contribution in [2.75, 3.05) is 13.7 Å². The molecule has 7 nitrogen and oxygen atoms in total. The minimum atomic E-state index is -0.634. The first kappa shape index (κ1) is 16.0. The molecule has 0 saturated carbocycles. The summed E-state index contributed by atoms with van der Waals surface area (Å²) >= 11 is 0. The number of carbonyl (C=O) groups is 3. The molecule has 22 heavy (non-hydrogen) atoms. The van der Waals surface area contributed by atoms with Gasteiger partial charge < -0.3 is 15.4 Å². The Kier molecular flexibility index (Phi) is 5.48. The first-order valence-electron chi connectivity index (χ1n) is 7.06. The van der Waals surface area contributed by atoms with Gasteiger partial charge in [-0.05, 0) is 12.0 Å². The summed E-state index contributed by atoms with van der Waals surface area (Å²) < 4.78 is 5.36. The van der Waals surface area contributed by atoms with E-state index in [1.54, 1.807) is 7.11 Å². The van der Waals surface area contributed by atoms with E-state index in [-0.39, 0.29) is 24.9 Å². The molecule has 1 aliphatic rings. The fourth-order valence-electron chi connectivity index (χ4n) is 2.24. The van der Waals surface area contributed by atoms with Crippen LogP contribution in [0.3, 0.4) is 0 Å². The summed E-state index contributed by atoms with van der Waals surface area (Å²) in [6, 6.07) is 8.44. The number of hydrogen-bond donors (Lipinski definition) is 3. The molecule has 4 amide bonds. The molecular weight excluding hydrogens is 286 g/mol. The molecule has 2 rings (SSSR count). The smallest absolute Gasteiger partial charge is 0.322 e. The van der Waals surface area contributed by atoms with Crippen LogP contribution in [-0.2, 0) is 14.3 Å². The Morgan fingerprint density at radius 1 is 1.32 bits per heavy atom. The second-order valence-electron chi connectivity index (χ2n) is 4.99. The molecule has 3 N–H and O–H groups in total. The maximum Gasteiger partial charge on any atom is 0.322 e. The summed E-state index contributed by atoms with van der Waals surface area (Å²) in [4.78, 5) is 34.1. The molecular formula is C15H19N3O4. The van der Waals surface area contributed by atoms with E-state index in [4.69, 9.17) is 4.74 Å². The number of benzene rings is 1. The predicted molar refractivity (Wildman–Crippen MR) is 78.9 cm³/mol. The number of imide groups is 1. The lowest BCUT2D eigenvalue weighted by Crippen LogP contribution is -2.33. The lowest BCUT2D eigenvalue weighted by atomic mass is 10.1. The number of methoxy groups -OCH3 is 1. The van der Waals surface area contributed by atoms with Gasteiger partial charge in [-0.2, -0.15) is 0 Å². The average molecular weight is 305 g/mol. The van der Waals surface area contributed by atoms with Crippen molar-refractivity contribution in [3.8, 4) is 0 Å². The highest BCUT2D eigenvalue weighted by Crippen LogP contribution is 2.15. The minimum Gasteiger partial charge on any atom is -0.375 e. The SMILES string of the molecule is CO[C@@H](CNC(=O)CC[C@@H]1NC(=O)NC1=O)c1ccccc1. The Labute approximate surface area is 128 Å². The van der Waals surface area contributed by atoms with Crippen molar-refractivity contribution in [2.24, 2.45) is 0 Å². The van der Waals surface area contributed by atoms with Gasteiger partial charge >= 0.3 is 6.03 Å². The third kappa shape index (κ3) is 4.29. The van der Waals surface area contributed by atoms with Crippen molar-refractivity contribution in [1.82, 2.24) is 16.0 Å². The first-order valence-corrected chi connectivity index (χ1v) is 7.06. The van der Waals surface area contributed by atoms with Gasteiger partial charge in [-0.3, -0.25) is 14.9 Å². The molecule has 0 spiro atoms. The van der Waals surface area contributed by atoms with Gasteiger partial charge in [0, 0.05) is 20.1 Å². The summed E-state index contributed by atoms with van der Waals surface area (Å²) in [5.41, 5.74) is 0.979. The number of carbonyl (C=O) groups excluding carboxylic acids is 3. The van der Waals surface area contributed by atoms with E-state index in [1.165, 1.54) is 0 Å². The van der Waals surface area contributed by atoms with Crippen LogP contribution in [0.15, 0.2) is 30.3 Å². The lowest BCUT2D eigenvalue weighted by Gasteiger charge is -2.16. The Morgan fingerprint density at radius 2 is 2.05 bits per heavy atom. The molecule has 1 heterocycles. The fourth-order valence-corrected chi connectivity index (χ4v) is 2.24. The van der Waals surface area contributed by atoms with Gasteiger partial charge in [0.25, 0.3) is 5.91 Å². The molecule has 1 aliphatic heterocycles. The Morgan fingerprint density at radius 3 is 2.64 bits per heavy atom. The predicted octanol–water partition coefficient (Wildman–Crippen LogP) is 0.479. The quantitative estimate of drug-likeness (QED) is 0.638. The molecule has 1 aromatic carbocycles. The minimum absolute atomic E-state index is 0.156. The number of hydrogen-bond acceptors (Lipinski definition) is 4. The molecule has 0 bridgehead atoms. The van der Waals surface area contributed by atoms with Crippen LogP contribution >= 0.6 is 0 Å². The van der Waals surface area contributed by atoms with Crippen LogP contribution in [0.4, 0.5) is 4.79 Å². The molecule has 0 unspecified atom stereocenters. The molecule has 7 heteroatoms. The molecule has 2 atom stereocenters. The maximum absolute atomic E-state index is 11.8. The van der Waals surface area contributed by atoms with Gasteiger partial charge in [0.2, 0.25) is 5.91 Å². The Balaban J connectivity index is 1.75. The van der Waals surface area contributed by atoms with Crippen molar-refractivity contribution in [2.45, 2.75) is 25.0 Å². The highest BCUT2D eigenvalue weighted by Gasteiger charge is 2.29. The van der Waals surface area contributed by atoms with E-state index in [2.05, 4.69) is 16.0 Å². The Hall–Kier alpha value is -2.41. The summed E-state index contributed by atoms with van der Waals surface area (Å²) in [6.07, 6.45) is 0.204. The Bertz CT molecular complexity index is 547. The third-order valence-corrected chi connectivity index (χ3v) is 3.46. The van der Waals surface area contributed by atoms with Crippen LogP contribution in [0.2, 0.25) is 0 Å². The normalized spacial score (nSPS) is 18.5. The van der Waals surface area contributed by atoms with E-state index in [0.717, 1.165) is 5.56 Å². The number of ether oxygens (including phenoxy) is 1. The summed E-state index contributed by atoms with van der Waals surface area (Å²) in [5.74, 6) is -0.580. The van der Waals surface area contributed by atoms with Crippen LogP contribution in [0.1, 0.15) is 24.5 Å². The number of nitrogens with one attached hydrogen (secondary N) is 3. The van der Waals surface area contributed by atoms with E-state index < -0.39 is 18.0 Å². The average Bonchev–Trinajstić information content (AvgIpc) is 2.84. The summed E-state index contributed by atoms with van der Waals surface area (Å²) in [5, 5.41) is 7.36. The molecule has 1 aromatic rings. The number of rotatable bonds is 7. The van der Waals surface area contributed by atoms with Crippen LogP contribution in [-0.4, -0.2) is 37.5 Å². The van der Waals surface area contributed by atoms with Gasteiger partial charge in [0.15, 0.2) is 0 Å². The zero-order chi connectivity index (χ0) is 15.9. The van der Waals surface area contributed by atoms with E-state index >= 15 is 0 Å². The highest BCUT2D eigenvalue weighted by atomic mass is 16.5. The molecule has 0 aliphatic carbocycles. The van der Waals surface area contributed by atoms with Crippen molar-refractivity contribution < 1.29 is 19.1 Å². The van der Waals surface area contributed by atoms with Crippen LogP contribution in [0.5, 0.6) is 0 Å². The first-order chi connectivity index (χ1) is 10.6. The van der Waals surface area contributed by atoms with Crippen molar-refractivity contribution in [1.29, 1.82) is 0 Å². The van der Waals surface area contributed by atoms with Crippen molar-refractivity contribution >= 4 is 17.8 Å². The third-order valence-electron chi connectivity index (χ3n) is 3.46. The summed E-state index contributed by atoms with van der Waals surface area (Å²) in [7, 11) is 1.59. The topological polar surface area (TPSA) is 96.5 Å². The van der Waals surface area contributed by atoms with Gasteiger partial charge in [-0.25, -0.2) is 4.79 Å². The zero-order valence-electron chi connectivity index (χ0n) is 12.3. The monoisotopic (exact) mass is 305 g/mol. The van der Waals surface area contributed by atoms with E-state index in [1.807, 2.05) is 30.3 Å². The van der Waals surface area contributed by atoms with Gasteiger partial charge in [-0.1, -0.05) is 30.3 Å². The molecule has 1 fully saturated rings. The second kappa shape index (κ2) is 7.56. The van der Waals surface area contributed by atoms with Crippen LogP contribution < -0.4 is 16.0 Å². The maximum atomic E-state index is 11.8. The largest absolute Gasteiger partial charge is 0.375 e. The lowest BCUT2D eigenvalue weighted by molar-refractivity contribution is -0.122. The van der Waals surface area contributed by atoms with Crippen molar-refractivity contribution in [3.63, 3.8) is 0 Å². The molecule has 0 aromatic heterocycles. The fraction of sp³-hybridized carbons (Fsp3) is 0.400. The van der Waals surface area contributed by atoms with Gasteiger partial charge in [-0.15, -0.1) is 0 Å². The summed E-state index contributed by atoms with van der Waals surface area (Å²) in [6.45, 7) is 0.350.